The van der Waals surface area contributed by atoms with Crippen LogP contribution < -0.4 is 5.73 Å². The van der Waals surface area contributed by atoms with Crippen molar-refractivity contribution in [1.29, 1.82) is 0 Å². The van der Waals surface area contributed by atoms with Crippen LogP contribution in [0, 0.1) is 0 Å². The number of rotatable bonds is 3. The third kappa shape index (κ3) is 3.11. The highest BCUT2D eigenvalue weighted by Gasteiger charge is 1.95. The van der Waals surface area contributed by atoms with Crippen LogP contribution in [0.2, 0.25) is 0 Å². The van der Waals surface area contributed by atoms with E-state index in [-0.39, 0.29) is 5.75 Å². The summed E-state index contributed by atoms with van der Waals surface area (Å²) in [7, 11) is 0. The summed E-state index contributed by atoms with van der Waals surface area (Å²) in [5, 5.41) is 10.0. The van der Waals surface area contributed by atoms with Crippen LogP contribution >= 0.6 is 15.9 Å². The average Bonchev–Trinajstić information content (AvgIpc) is 2.09. The highest BCUT2D eigenvalue weighted by molar-refractivity contribution is 9.09. The van der Waals surface area contributed by atoms with Gasteiger partial charge in [0.25, 0.3) is 0 Å². The summed E-state index contributed by atoms with van der Waals surface area (Å²) in [6, 6.07) is 4.98. The molecule has 70 valence electrons. The molecular formula is C10H12BrNO. The molecule has 0 aliphatic rings. The molecule has 1 aromatic rings. The number of benzene rings is 1. The van der Waals surface area contributed by atoms with Crippen molar-refractivity contribution >= 4 is 27.7 Å². The van der Waals surface area contributed by atoms with Crippen LogP contribution in [0.25, 0.3) is 6.08 Å². The number of halogens is 1. The predicted octanol–water partition coefficient (Wildman–Crippen LogP) is 2.77. The van der Waals surface area contributed by atoms with E-state index in [1.807, 2.05) is 12.2 Å². The number of aromatic hydroxyl groups is 1. The van der Waals surface area contributed by atoms with Gasteiger partial charge in [-0.15, -0.1) is 0 Å². The minimum Gasteiger partial charge on any atom is -0.508 e. The molecule has 0 spiro atoms. The normalized spacial score (nSPS) is 10.8. The lowest BCUT2D eigenvalue weighted by Gasteiger charge is -2.00. The predicted molar refractivity (Wildman–Crippen MR) is 60.0 cm³/mol. The lowest BCUT2D eigenvalue weighted by Crippen LogP contribution is -1.87. The van der Waals surface area contributed by atoms with Gasteiger partial charge in [0.1, 0.15) is 5.75 Å². The molecule has 1 aromatic carbocycles. The van der Waals surface area contributed by atoms with Crippen molar-refractivity contribution in [2.75, 3.05) is 11.1 Å². The van der Waals surface area contributed by atoms with Crippen LogP contribution in [-0.4, -0.2) is 10.4 Å². The van der Waals surface area contributed by atoms with Gasteiger partial charge in [0.15, 0.2) is 0 Å². The lowest BCUT2D eigenvalue weighted by molar-refractivity contribution is 0.475. The van der Waals surface area contributed by atoms with Crippen molar-refractivity contribution < 1.29 is 5.11 Å². The SMILES string of the molecule is Nc1cc(O)ccc1C=CCCBr. The Morgan fingerprint density at radius 1 is 1.46 bits per heavy atom. The number of nitrogens with two attached hydrogens (primary N) is 1. The second kappa shape index (κ2) is 4.92. The molecule has 0 atom stereocenters. The first-order chi connectivity index (χ1) is 6.24. The van der Waals surface area contributed by atoms with E-state index in [0.717, 1.165) is 17.3 Å². The third-order valence-electron chi connectivity index (χ3n) is 1.64. The number of alkyl halides is 1. The Morgan fingerprint density at radius 2 is 2.23 bits per heavy atom. The minimum atomic E-state index is 0.204. The smallest absolute Gasteiger partial charge is 0.117 e. The Kier molecular flexibility index (Phi) is 3.83. The van der Waals surface area contributed by atoms with E-state index in [2.05, 4.69) is 15.9 Å². The Bertz CT molecular complexity index is 310. The molecule has 2 nitrogen and oxygen atoms in total. The van der Waals surface area contributed by atoms with Gasteiger partial charge in [-0.05, 0) is 24.1 Å². The Labute approximate surface area is 86.2 Å². The molecular weight excluding hydrogens is 230 g/mol. The van der Waals surface area contributed by atoms with Crippen LogP contribution in [0.1, 0.15) is 12.0 Å². The largest absolute Gasteiger partial charge is 0.508 e. The lowest BCUT2D eigenvalue weighted by atomic mass is 10.1. The molecule has 0 aromatic heterocycles. The third-order valence-corrected chi connectivity index (χ3v) is 2.10. The van der Waals surface area contributed by atoms with Crippen LogP contribution in [0.4, 0.5) is 5.69 Å². The quantitative estimate of drug-likeness (QED) is 0.632. The summed E-state index contributed by atoms with van der Waals surface area (Å²) in [6.07, 6.45) is 4.97. The zero-order valence-corrected chi connectivity index (χ0v) is 8.79. The number of allylic oxidation sites excluding steroid dienone is 1. The van der Waals surface area contributed by atoms with Gasteiger partial charge in [0.2, 0.25) is 0 Å². The van der Waals surface area contributed by atoms with Crippen molar-refractivity contribution in [2.24, 2.45) is 0 Å². The molecule has 1 rings (SSSR count). The van der Waals surface area contributed by atoms with Crippen LogP contribution in [0.15, 0.2) is 24.3 Å². The Balaban J connectivity index is 2.77. The van der Waals surface area contributed by atoms with Crippen molar-refractivity contribution in [3.63, 3.8) is 0 Å². The maximum atomic E-state index is 9.10. The molecule has 0 radical (unpaired) electrons. The molecule has 3 heteroatoms. The molecule has 0 unspecified atom stereocenters. The monoisotopic (exact) mass is 241 g/mol. The molecule has 0 aliphatic heterocycles. The van der Waals surface area contributed by atoms with E-state index in [0.29, 0.717) is 5.69 Å². The van der Waals surface area contributed by atoms with Crippen molar-refractivity contribution in [3.05, 3.63) is 29.8 Å². The van der Waals surface area contributed by atoms with Gasteiger partial charge in [-0.1, -0.05) is 28.1 Å². The summed E-state index contributed by atoms with van der Waals surface area (Å²) in [5.74, 6) is 0.204. The fourth-order valence-electron chi connectivity index (χ4n) is 0.987. The summed E-state index contributed by atoms with van der Waals surface area (Å²) < 4.78 is 0. The number of anilines is 1. The number of phenolic OH excluding ortho intramolecular Hbond substituents is 1. The number of hydrogen-bond donors (Lipinski definition) is 2. The van der Waals surface area contributed by atoms with Gasteiger partial charge >= 0.3 is 0 Å². The second-order valence-electron chi connectivity index (χ2n) is 2.69. The van der Waals surface area contributed by atoms with E-state index in [1.165, 1.54) is 0 Å². The molecule has 0 saturated carbocycles. The average molecular weight is 242 g/mol. The summed E-state index contributed by atoms with van der Waals surface area (Å²) in [5.41, 5.74) is 7.23. The number of phenols is 1. The van der Waals surface area contributed by atoms with E-state index in [1.54, 1.807) is 18.2 Å². The van der Waals surface area contributed by atoms with E-state index in [4.69, 9.17) is 10.8 Å². The zero-order chi connectivity index (χ0) is 9.68. The molecule has 0 amide bonds. The molecule has 0 saturated heterocycles. The van der Waals surface area contributed by atoms with E-state index < -0.39 is 0 Å². The standard InChI is InChI=1S/C10H12BrNO/c11-6-2-1-3-8-4-5-9(13)7-10(8)12/h1,3-5,7,13H,2,6,12H2. The summed E-state index contributed by atoms with van der Waals surface area (Å²) >= 11 is 3.33. The fourth-order valence-corrected chi connectivity index (χ4v) is 1.25. The van der Waals surface area contributed by atoms with Gasteiger partial charge in [-0.2, -0.15) is 0 Å². The van der Waals surface area contributed by atoms with Gasteiger partial charge in [0.05, 0.1) is 0 Å². The zero-order valence-electron chi connectivity index (χ0n) is 7.20. The molecule has 0 bridgehead atoms. The van der Waals surface area contributed by atoms with Gasteiger partial charge in [-0.3, -0.25) is 0 Å². The van der Waals surface area contributed by atoms with Crippen LogP contribution in [-0.2, 0) is 0 Å². The van der Waals surface area contributed by atoms with Crippen LogP contribution in [0.3, 0.4) is 0 Å². The number of hydrogen-bond acceptors (Lipinski definition) is 2. The molecule has 0 heterocycles. The summed E-state index contributed by atoms with van der Waals surface area (Å²) in [6.45, 7) is 0. The first kappa shape index (κ1) is 10.1. The Hall–Kier alpha value is -0.960. The molecule has 0 aliphatic carbocycles. The second-order valence-corrected chi connectivity index (χ2v) is 3.49. The Morgan fingerprint density at radius 3 is 2.85 bits per heavy atom. The first-order valence-corrected chi connectivity index (χ1v) is 5.17. The highest BCUT2D eigenvalue weighted by atomic mass is 79.9. The van der Waals surface area contributed by atoms with Gasteiger partial charge < -0.3 is 10.8 Å². The minimum absolute atomic E-state index is 0.204. The molecule has 0 fully saturated rings. The van der Waals surface area contributed by atoms with Gasteiger partial charge in [0, 0.05) is 17.1 Å². The molecule has 3 N–H and O–H groups in total. The van der Waals surface area contributed by atoms with E-state index in [9.17, 15) is 0 Å². The topological polar surface area (TPSA) is 46.2 Å². The van der Waals surface area contributed by atoms with E-state index >= 15 is 0 Å². The fraction of sp³-hybridized carbons (Fsp3) is 0.200. The van der Waals surface area contributed by atoms with Crippen molar-refractivity contribution in [3.8, 4) is 5.75 Å². The van der Waals surface area contributed by atoms with Crippen molar-refractivity contribution in [1.82, 2.24) is 0 Å². The van der Waals surface area contributed by atoms with Gasteiger partial charge in [-0.25, -0.2) is 0 Å². The molecule has 13 heavy (non-hydrogen) atoms. The van der Waals surface area contributed by atoms with Crippen molar-refractivity contribution in [2.45, 2.75) is 6.42 Å². The van der Waals surface area contributed by atoms with Crippen LogP contribution in [0.5, 0.6) is 5.75 Å². The summed E-state index contributed by atoms with van der Waals surface area (Å²) in [4.78, 5) is 0. The maximum absolute atomic E-state index is 9.10. The highest BCUT2D eigenvalue weighted by Crippen LogP contribution is 2.19. The first-order valence-electron chi connectivity index (χ1n) is 4.05. The maximum Gasteiger partial charge on any atom is 0.117 e. The number of nitrogen functional groups attached to an aromatic ring is 1.